The van der Waals surface area contributed by atoms with Gasteiger partial charge in [-0.1, -0.05) is 27.7 Å². The highest BCUT2D eigenvalue weighted by Crippen LogP contribution is 2.27. The predicted molar refractivity (Wildman–Crippen MR) is 83.0 cm³/mol. The van der Waals surface area contributed by atoms with Gasteiger partial charge >= 0.3 is 0 Å². The second kappa shape index (κ2) is 6.82. The largest absolute Gasteiger partial charge is 0.379 e. The lowest BCUT2D eigenvalue weighted by atomic mass is 9.83. The van der Waals surface area contributed by atoms with Crippen LogP contribution < -0.4 is 5.32 Å². The molecule has 0 aliphatic rings. The molecule has 3 nitrogen and oxygen atoms in total. The number of nitrogens with one attached hydrogen (secondary N) is 1. The Morgan fingerprint density at radius 3 is 2.32 bits per heavy atom. The van der Waals surface area contributed by atoms with Crippen molar-refractivity contribution in [1.29, 1.82) is 0 Å². The van der Waals surface area contributed by atoms with E-state index in [4.69, 9.17) is 4.74 Å². The Bertz CT molecular complexity index is 376. The number of rotatable bonds is 6. The zero-order chi connectivity index (χ0) is 14.6. The Labute approximate surface area is 121 Å². The van der Waals surface area contributed by atoms with E-state index in [1.807, 2.05) is 0 Å². The summed E-state index contributed by atoms with van der Waals surface area (Å²) in [5, 5.41) is 4.76. The lowest BCUT2D eigenvalue weighted by Gasteiger charge is -2.36. The first-order valence-electron chi connectivity index (χ1n) is 6.98. The molecule has 1 heterocycles. The predicted octanol–water partition coefficient (Wildman–Crippen LogP) is 3.34. The van der Waals surface area contributed by atoms with Crippen LogP contribution in [0.2, 0.25) is 0 Å². The molecule has 0 saturated heterocycles. The van der Waals surface area contributed by atoms with Gasteiger partial charge in [-0.15, -0.1) is 11.3 Å². The molecule has 1 N–H and O–H groups in total. The number of aromatic nitrogens is 1. The summed E-state index contributed by atoms with van der Waals surface area (Å²) in [6.07, 6.45) is 1.11. The van der Waals surface area contributed by atoms with Crippen LogP contribution >= 0.6 is 11.3 Å². The van der Waals surface area contributed by atoms with Crippen LogP contribution in [0.25, 0.3) is 0 Å². The van der Waals surface area contributed by atoms with Crippen LogP contribution in [0.5, 0.6) is 0 Å². The zero-order valence-corrected chi connectivity index (χ0v) is 14.1. The molecular formula is C15H28N2OS. The molecule has 0 fully saturated rings. The van der Waals surface area contributed by atoms with Gasteiger partial charge in [0.1, 0.15) is 0 Å². The molecule has 0 bridgehead atoms. The summed E-state index contributed by atoms with van der Waals surface area (Å²) in [4.78, 5) is 5.97. The summed E-state index contributed by atoms with van der Waals surface area (Å²) in [5.74, 6) is 0. The lowest BCUT2D eigenvalue weighted by molar-refractivity contribution is -0.0106. The van der Waals surface area contributed by atoms with Gasteiger partial charge in [0.2, 0.25) is 0 Å². The van der Waals surface area contributed by atoms with Crippen molar-refractivity contribution >= 4 is 11.3 Å². The van der Waals surface area contributed by atoms with Gasteiger partial charge < -0.3 is 10.1 Å². The maximum absolute atomic E-state index is 5.75. The van der Waals surface area contributed by atoms with Crippen LogP contribution in [-0.4, -0.2) is 30.8 Å². The topological polar surface area (TPSA) is 34.2 Å². The maximum atomic E-state index is 5.75. The van der Waals surface area contributed by atoms with E-state index in [1.165, 1.54) is 9.88 Å². The number of hydrogen-bond acceptors (Lipinski definition) is 4. The van der Waals surface area contributed by atoms with Crippen molar-refractivity contribution in [2.75, 3.05) is 13.7 Å². The van der Waals surface area contributed by atoms with Gasteiger partial charge in [-0.05, 0) is 25.8 Å². The third kappa shape index (κ3) is 4.55. The minimum absolute atomic E-state index is 0.114. The van der Waals surface area contributed by atoms with Crippen LogP contribution in [-0.2, 0) is 11.2 Å². The molecule has 0 aliphatic carbocycles. The number of hydrogen-bond donors (Lipinski definition) is 1. The van der Waals surface area contributed by atoms with Crippen molar-refractivity contribution in [2.45, 2.75) is 60.1 Å². The van der Waals surface area contributed by atoms with Gasteiger partial charge in [0.15, 0.2) is 0 Å². The average molecular weight is 284 g/mol. The molecule has 1 rings (SSSR count). The summed E-state index contributed by atoms with van der Waals surface area (Å²) in [5.41, 5.74) is 1.27. The van der Waals surface area contributed by atoms with Crippen LogP contribution in [0.15, 0.2) is 0 Å². The van der Waals surface area contributed by atoms with Gasteiger partial charge in [0.25, 0.3) is 0 Å². The molecule has 1 aromatic heterocycles. The van der Waals surface area contributed by atoms with Crippen LogP contribution in [0, 0.1) is 19.3 Å². The normalized spacial score (nSPS) is 15.5. The maximum Gasteiger partial charge on any atom is 0.0947 e. The van der Waals surface area contributed by atoms with Crippen molar-refractivity contribution in [3.63, 3.8) is 0 Å². The molecule has 4 heteroatoms. The van der Waals surface area contributed by atoms with Crippen LogP contribution in [0.3, 0.4) is 0 Å². The van der Waals surface area contributed by atoms with E-state index in [0.29, 0.717) is 6.04 Å². The molecule has 1 aromatic rings. The molecule has 0 amide bonds. The molecule has 0 saturated carbocycles. The Hall–Kier alpha value is -0.450. The van der Waals surface area contributed by atoms with E-state index in [0.717, 1.165) is 18.7 Å². The minimum Gasteiger partial charge on any atom is -0.379 e. The van der Waals surface area contributed by atoms with Crippen LogP contribution in [0.4, 0.5) is 0 Å². The number of ether oxygens (including phenoxy) is 1. The van der Waals surface area contributed by atoms with E-state index < -0.39 is 0 Å². The van der Waals surface area contributed by atoms with Gasteiger partial charge in [-0.3, -0.25) is 0 Å². The van der Waals surface area contributed by atoms with E-state index in [9.17, 15) is 0 Å². The van der Waals surface area contributed by atoms with Crippen molar-refractivity contribution in [1.82, 2.24) is 10.3 Å². The highest BCUT2D eigenvalue weighted by atomic mass is 32.1. The summed E-state index contributed by atoms with van der Waals surface area (Å²) in [6, 6.07) is 0.306. The molecule has 2 atom stereocenters. The smallest absolute Gasteiger partial charge is 0.0947 e. The fourth-order valence-corrected chi connectivity index (χ4v) is 3.48. The fourth-order valence-electron chi connectivity index (χ4n) is 2.48. The number of aryl methyl sites for hydroxylation is 2. The Balaban J connectivity index is 2.87. The first-order valence-corrected chi connectivity index (χ1v) is 7.80. The summed E-state index contributed by atoms with van der Waals surface area (Å²) < 4.78 is 5.75. The average Bonchev–Trinajstić information content (AvgIpc) is 2.57. The summed E-state index contributed by atoms with van der Waals surface area (Å²) in [6.45, 7) is 14.0. The number of thiazole rings is 1. The molecule has 2 unspecified atom stereocenters. The number of methoxy groups -OCH3 is 1. The molecule has 19 heavy (non-hydrogen) atoms. The number of likely N-dealkylation sites (N-methyl/N-ethyl adjacent to an activating group) is 1. The van der Waals surface area contributed by atoms with Crippen molar-refractivity contribution in [2.24, 2.45) is 5.41 Å². The highest BCUT2D eigenvalue weighted by Gasteiger charge is 2.32. The second-order valence-electron chi connectivity index (χ2n) is 6.14. The third-order valence-electron chi connectivity index (χ3n) is 3.41. The standard InChI is InChI=1S/C15H28N2OS/c1-8-16-12(14(18-7)15(4,5)6)9-13-17-10(2)11(3)19-13/h12,14,16H,8-9H2,1-7H3. The Morgan fingerprint density at radius 1 is 1.32 bits per heavy atom. The molecule has 110 valence electrons. The van der Waals surface area contributed by atoms with Crippen molar-refractivity contribution < 1.29 is 4.74 Å². The third-order valence-corrected chi connectivity index (χ3v) is 4.50. The quantitative estimate of drug-likeness (QED) is 0.870. The van der Waals surface area contributed by atoms with E-state index in [-0.39, 0.29) is 11.5 Å². The SMILES string of the molecule is CCNC(Cc1nc(C)c(C)s1)C(OC)C(C)(C)C. The molecule has 0 radical (unpaired) electrons. The monoisotopic (exact) mass is 284 g/mol. The van der Waals surface area contributed by atoms with E-state index >= 15 is 0 Å². The minimum atomic E-state index is 0.114. The Morgan fingerprint density at radius 2 is 1.95 bits per heavy atom. The van der Waals surface area contributed by atoms with Crippen molar-refractivity contribution in [3.8, 4) is 0 Å². The molecular weight excluding hydrogens is 256 g/mol. The number of nitrogens with zero attached hydrogens (tertiary/aromatic N) is 1. The van der Waals surface area contributed by atoms with Gasteiger partial charge in [-0.2, -0.15) is 0 Å². The second-order valence-corrected chi connectivity index (χ2v) is 7.43. The van der Waals surface area contributed by atoms with E-state index in [1.54, 1.807) is 18.4 Å². The van der Waals surface area contributed by atoms with Crippen LogP contribution in [0.1, 0.15) is 43.3 Å². The van der Waals surface area contributed by atoms with Gasteiger partial charge in [-0.25, -0.2) is 4.98 Å². The lowest BCUT2D eigenvalue weighted by Crippen LogP contribution is -2.48. The summed E-state index contributed by atoms with van der Waals surface area (Å²) >= 11 is 1.80. The first kappa shape index (κ1) is 16.6. The Kier molecular flexibility index (Phi) is 5.96. The van der Waals surface area contributed by atoms with E-state index in [2.05, 4.69) is 51.8 Å². The van der Waals surface area contributed by atoms with Crippen molar-refractivity contribution in [3.05, 3.63) is 15.6 Å². The molecule has 0 aromatic carbocycles. The van der Waals surface area contributed by atoms with Gasteiger partial charge in [0, 0.05) is 24.4 Å². The summed E-state index contributed by atoms with van der Waals surface area (Å²) in [7, 11) is 1.80. The molecule has 0 spiro atoms. The highest BCUT2D eigenvalue weighted by molar-refractivity contribution is 7.11. The fraction of sp³-hybridized carbons (Fsp3) is 0.800. The molecule has 0 aliphatic heterocycles. The van der Waals surface area contributed by atoms with Gasteiger partial charge in [0.05, 0.1) is 16.8 Å². The zero-order valence-electron chi connectivity index (χ0n) is 13.3. The first-order chi connectivity index (χ1) is 8.79.